The van der Waals surface area contributed by atoms with Crippen molar-refractivity contribution in [2.24, 2.45) is 5.73 Å². The van der Waals surface area contributed by atoms with Gasteiger partial charge in [0.15, 0.2) is 0 Å². The molecule has 0 atom stereocenters. The normalized spacial score (nSPS) is 20.0. The zero-order valence-corrected chi connectivity index (χ0v) is 8.72. The van der Waals surface area contributed by atoms with Crippen LogP contribution in [0.5, 0.6) is 0 Å². The van der Waals surface area contributed by atoms with Crippen molar-refractivity contribution in [2.75, 3.05) is 0 Å². The van der Waals surface area contributed by atoms with E-state index < -0.39 is 17.4 Å². The summed E-state index contributed by atoms with van der Waals surface area (Å²) in [5.74, 6) is 0. The molecule has 0 aliphatic heterocycles. The Kier molecular flexibility index (Phi) is 2.66. The summed E-state index contributed by atoms with van der Waals surface area (Å²) in [6.07, 6.45) is -1.07. The molecule has 1 fully saturated rings. The zero-order valence-electron chi connectivity index (χ0n) is 8.72. The van der Waals surface area contributed by atoms with E-state index in [1.807, 2.05) is 0 Å². The maximum atomic E-state index is 12.5. The minimum atomic E-state index is -4.40. The topological polar surface area (TPSA) is 38.9 Å². The zero-order chi connectivity index (χ0) is 11.8. The van der Waals surface area contributed by atoms with Crippen LogP contribution in [0.3, 0.4) is 0 Å². The Morgan fingerprint density at radius 3 is 2.38 bits per heavy atom. The van der Waals surface area contributed by atoms with Crippen LogP contribution < -0.4 is 5.73 Å². The Balaban J connectivity index is 2.36. The van der Waals surface area contributed by atoms with Gasteiger partial charge in [-0.3, -0.25) is 0 Å². The van der Waals surface area contributed by atoms with Gasteiger partial charge in [-0.2, -0.15) is 13.2 Å². The van der Waals surface area contributed by atoms with Crippen molar-refractivity contribution < 1.29 is 13.2 Å². The van der Waals surface area contributed by atoms with Gasteiger partial charge in [-0.25, -0.2) is 4.98 Å². The third-order valence-electron chi connectivity index (χ3n) is 3.05. The molecular formula is C11H13F3N2. The highest BCUT2D eigenvalue weighted by Crippen LogP contribution is 2.36. The molecule has 1 heterocycles. The summed E-state index contributed by atoms with van der Waals surface area (Å²) in [6, 6.07) is 3.93. The molecule has 16 heavy (non-hydrogen) atoms. The quantitative estimate of drug-likeness (QED) is 0.805. The third kappa shape index (κ3) is 2.04. The Morgan fingerprint density at radius 2 is 1.81 bits per heavy atom. The minimum Gasteiger partial charge on any atom is -0.320 e. The van der Waals surface area contributed by atoms with Crippen LogP contribution in [0.4, 0.5) is 13.2 Å². The van der Waals surface area contributed by atoms with Crippen molar-refractivity contribution in [1.29, 1.82) is 0 Å². The molecule has 88 valence electrons. The lowest BCUT2D eigenvalue weighted by molar-refractivity contribution is -0.141. The van der Waals surface area contributed by atoms with E-state index in [0.717, 1.165) is 18.9 Å². The van der Waals surface area contributed by atoms with Gasteiger partial charge in [0, 0.05) is 0 Å². The highest BCUT2D eigenvalue weighted by Gasteiger charge is 2.36. The maximum Gasteiger partial charge on any atom is 0.433 e. The predicted octanol–water partition coefficient (Wildman–Crippen LogP) is 2.83. The molecular weight excluding hydrogens is 217 g/mol. The van der Waals surface area contributed by atoms with Gasteiger partial charge >= 0.3 is 6.18 Å². The number of hydrogen-bond donors (Lipinski definition) is 1. The molecule has 0 unspecified atom stereocenters. The number of rotatable bonds is 1. The molecule has 0 radical (unpaired) electrons. The molecule has 0 spiro atoms. The average Bonchev–Trinajstić information content (AvgIpc) is 2.66. The van der Waals surface area contributed by atoms with Crippen molar-refractivity contribution in [3.8, 4) is 0 Å². The first-order valence-electron chi connectivity index (χ1n) is 5.25. The molecule has 5 heteroatoms. The fourth-order valence-corrected chi connectivity index (χ4v) is 2.13. The SMILES string of the molecule is NC1(c2cccc(C(F)(F)F)n2)CCCC1. The van der Waals surface area contributed by atoms with E-state index in [1.54, 1.807) is 6.07 Å². The van der Waals surface area contributed by atoms with Crippen LogP contribution in [-0.2, 0) is 11.7 Å². The van der Waals surface area contributed by atoms with Gasteiger partial charge in [0.05, 0.1) is 11.2 Å². The lowest BCUT2D eigenvalue weighted by atomic mass is 9.94. The number of halogens is 3. The molecule has 0 saturated heterocycles. The molecule has 1 aliphatic rings. The Morgan fingerprint density at radius 1 is 1.19 bits per heavy atom. The van der Waals surface area contributed by atoms with Gasteiger partial charge < -0.3 is 5.73 Å². The molecule has 2 nitrogen and oxygen atoms in total. The van der Waals surface area contributed by atoms with Crippen molar-refractivity contribution in [3.63, 3.8) is 0 Å². The van der Waals surface area contributed by atoms with E-state index in [0.29, 0.717) is 18.5 Å². The summed E-state index contributed by atoms with van der Waals surface area (Å²) in [7, 11) is 0. The molecule has 0 bridgehead atoms. The van der Waals surface area contributed by atoms with Crippen molar-refractivity contribution in [3.05, 3.63) is 29.6 Å². The second-order valence-corrected chi connectivity index (χ2v) is 4.27. The van der Waals surface area contributed by atoms with E-state index in [-0.39, 0.29) is 0 Å². The van der Waals surface area contributed by atoms with Gasteiger partial charge in [-0.15, -0.1) is 0 Å². The van der Waals surface area contributed by atoms with E-state index in [2.05, 4.69) is 4.98 Å². The number of hydrogen-bond acceptors (Lipinski definition) is 2. The second kappa shape index (κ2) is 3.73. The molecule has 0 amide bonds. The van der Waals surface area contributed by atoms with E-state index in [1.165, 1.54) is 6.07 Å². The first-order valence-corrected chi connectivity index (χ1v) is 5.25. The molecule has 2 N–H and O–H groups in total. The van der Waals surface area contributed by atoms with Crippen LogP contribution in [0.25, 0.3) is 0 Å². The summed E-state index contributed by atoms with van der Waals surface area (Å²) < 4.78 is 37.4. The fraction of sp³-hybridized carbons (Fsp3) is 0.545. The molecule has 1 aromatic heterocycles. The molecule has 1 aliphatic carbocycles. The molecule has 2 rings (SSSR count). The van der Waals surface area contributed by atoms with E-state index in [4.69, 9.17) is 5.73 Å². The summed E-state index contributed by atoms with van der Waals surface area (Å²) in [5, 5.41) is 0. The molecule has 1 aromatic rings. The fourth-order valence-electron chi connectivity index (χ4n) is 2.13. The third-order valence-corrected chi connectivity index (χ3v) is 3.05. The van der Waals surface area contributed by atoms with Crippen LogP contribution in [0, 0.1) is 0 Å². The highest BCUT2D eigenvalue weighted by atomic mass is 19.4. The van der Waals surface area contributed by atoms with Crippen molar-refractivity contribution >= 4 is 0 Å². The Hall–Kier alpha value is -1.10. The van der Waals surface area contributed by atoms with Crippen LogP contribution >= 0.6 is 0 Å². The maximum absolute atomic E-state index is 12.5. The second-order valence-electron chi connectivity index (χ2n) is 4.27. The average molecular weight is 230 g/mol. The minimum absolute atomic E-state index is 0.361. The van der Waals surface area contributed by atoms with Gasteiger partial charge in [0.1, 0.15) is 5.69 Å². The summed E-state index contributed by atoms with van der Waals surface area (Å²) in [4.78, 5) is 3.65. The van der Waals surface area contributed by atoms with Crippen LogP contribution in [-0.4, -0.2) is 4.98 Å². The number of aromatic nitrogens is 1. The lowest BCUT2D eigenvalue weighted by Gasteiger charge is -2.23. The lowest BCUT2D eigenvalue weighted by Crippen LogP contribution is -2.34. The molecule has 1 saturated carbocycles. The number of pyridine rings is 1. The molecule has 0 aromatic carbocycles. The van der Waals surface area contributed by atoms with E-state index >= 15 is 0 Å². The predicted molar refractivity (Wildman–Crippen MR) is 53.6 cm³/mol. The van der Waals surface area contributed by atoms with Gasteiger partial charge in [-0.1, -0.05) is 18.9 Å². The van der Waals surface area contributed by atoms with Gasteiger partial charge in [-0.05, 0) is 25.0 Å². The monoisotopic (exact) mass is 230 g/mol. The van der Waals surface area contributed by atoms with Gasteiger partial charge in [0.2, 0.25) is 0 Å². The largest absolute Gasteiger partial charge is 0.433 e. The van der Waals surface area contributed by atoms with Crippen molar-refractivity contribution in [2.45, 2.75) is 37.4 Å². The van der Waals surface area contributed by atoms with Crippen LogP contribution in [0.1, 0.15) is 37.1 Å². The van der Waals surface area contributed by atoms with Gasteiger partial charge in [0.25, 0.3) is 0 Å². The van der Waals surface area contributed by atoms with Crippen LogP contribution in [0.2, 0.25) is 0 Å². The Bertz CT molecular complexity index is 381. The summed E-state index contributed by atoms with van der Waals surface area (Å²) in [6.45, 7) is 0. The smallest absolute Gasteiger partial charge is 0.320 e. The number of nitrogens with two attached hydrogens (primary N) is 1. The highest BCUT2D eigenvalue weighted by molar-refractivity contribution is 5.21. The summed E-state index contributed by atoms with van der Waals surface area (Å²) >= 11 is 0. The number of nitrogens with zero attached hydrogens (tertiary/aromatic N) is 1. The van der Waals surface area contributed by atoms with Crippen molar-refractivity contribution in [1.82, 2.24) is 4.98 Å². The van der Waals surface area contributed by atoms with Crippen LogP contribution in [0.15, 0.2) is 18.2 Å². The van der Waals surface area contributed by atoms with E-state index in [9.17, 15) is 13.2 Å². The number of alkyl halides is 3. The Labute approximate surface area is 91.7 Å². The first kappa shape index (κ1) is 11.4. The standard InChI is InChI=1S/C11H13F3N2/c12-11(13,14)9-5-3-4-8(16-9)10(15)6-1-2-7-10/h3-5H,1-2,6-7,15H2. The summed E-state index contributed by atoms with van der Waals surface area (Å²) in [5.41, 5.74) is 4.90. The first-order chi connectivity index (χ1) is 7.42.